The number of sulfonamides is 1. The summed E-state index contributed by atoms with van der Waals surface area (Å²) in [5.41, 5.74) is 1.79. The third-order valence-corrected chi connectivity index (χ3v) is 9.37. The van der Waals surface area contributed by atoms with Gasteiger partial charge >= 0.3 is 6.18 Å². The number of nitrogens with one attached hydrogen (secondary N) is 3. The van der Waals surface area contributed by atoms with E-state index in [1.165, 1.54) is 19.2 Å². The molecule has 38 heavy (non-hydrogen) atoms. The van der Waals surface area contributed by atoms with E-state index in [1.54, 1.807) is 36.4 Å². The topological polar surface area (TPSA) is 109 Å². The summed E-state index contributed by atoms with van der Waals surface area (Å²) in [6.07, 6.45) is -3.60. The van der Waals surface area contributed by atoms with E-state index in [2.05, 4.69) is 27.2 Å². The molecular weight excluding hydrogens is 541 g/mol. The lowest BCUT2D eigenvalue weighted by Gasteiger charge is -2.24. The minimum atomic E-state index is -4.46. The highest BCUT2D eigenvalue weighted by molar-refractivity contribution is 7.91. The molecular formula is C25H27F3N4O4S2. The second-order valence-electron chi connectivity index (χ2n) is 8.93. The van der Waals surface area contributed by atoms with Gasteiger partial charge in [-0.05, 0) is 68.3 Å². The summed E-state index contributed by atoms with van der Waals surface area (Å²) in [5.74, 6) is 5.81. The highest BCUT2D eigenvalue weighted by Crippen LogP contribution is 2.31. The number of rotatable bonds is 7. The maximum atomic E-state index is 13.4. The molecule has 3 N–H and O–H groups in total. The van der Waals surface area contributed by atoms with Crippen molar-refractivity contribution in [2.45, 2.75) is 36.5 Å². The van der Waals surface area contributed by atoms with Crippen molar-refractivity contribution in [3.8, 4) is 11.8 Å². The van der Waals surface area contributed by atoms with E-state index in [4.69, 9.17) is 0 Å². The fourth-order valence-corrected chi connectivity index (χ4v) is 6.49. The summed E-state index contributed by atoms with van der Waals surface area (Å²) in [6.45, 7) is -1.09. The van der Waals surface area contributed by atoms with Crippen LogP contribution in [0.1, 0.15) is 18.5 Å². The molecule has 204 valence electrons. The molecule has 3 aromatic rings. The van der Waals surface area contributed by atoms with Crippen LogP contribution in [0.25, 0.3) is 10.9 Å². The molecule has 0 atom stereocenters. The van der Waals surface area contributed by atoms with E-state index in [9.17, 15) is 30.0 Å². The largest absolute Gasteiger partial charge is 0.406 e. The molecule has 8 nitrogen and oxygen atoms in total. The standard InChI is InChI=1S/C25H27F3N4O4S2/c1-29-38(35,36)21-9-7-18(8-10-21)30-13-3-4-20-16-22-23(31-19-11-14-37(33,34)15-12-19)5-2-6-24(22)32(20)17-25(26,27)28/h2,5-10,16,19,29-31H,11-15,17H2,1H3. The van der Waals surface area contributed by atoms with Crippen LogP contribution < -0.4 is 15.4 Å². The van der Waals surface area contributed by atoms with Gasteiger partial charge in [0.2, 0.25) is 10.0 Å². The first kappa shape index (κ1) is 27.8. The van der Waals surface area contributed by atoms with Crippen LogP contribution in [0, 0.1) is 11.8 Å². The van der Waals surface area contributed by atoms with Gasteiger partial charge in [0, 0.05) is 22.8 Å². The first-order valence-electron chi connectivity index (χ1n) is 11.8. The molecule has 2 aromatic carbocycles. The number of halogens is 3. The van der Waals surface area contributed by atoms with Gasteiger partial charge in [0.05, 0.1) is 34.2 Å². The van der Waals surface area contributed by atoms with Gasteiger partial charge in [0.1, 0.15) is 16.4 Å². The Kier molecular flexibility index (Phi) is 7.96. The van der Waals surface area contributed by atoms with Crippen molar-refractivity contribution in [2.75, 3.05) is 35.7 Å². The maximum Gasteiger partial charge on any atom is 0.406 e. The predicted octanol–water partition coefficient (Wildman–Crippen LogP) is 3.56. The fourth-order valence-electron chi connectivity index (χ4n) is 4.27. The van der Waals surface area contributed by atoms with Gasteiger partial charge < -0.3 is 15.2 Å². The Morgan fingerprint density at radius 2 is 1.76 bits per heavy atom. The monoisotopic (exact) mass is 568 g/mol. The van der Waals surface area contributed by atoms with E-state index >= 15 is 0 Å². The molecule has 1 saturated heterocycles. The summed E-state index contributed by atoms with van der Waals surface area (Å²) in [7, 11) is -5.28. The van der Waals surface area contributed by atoms with Crippen LogP contribution in [0.2, 0.25) is 0 Å². The van der Waals surface area contributed by atoms with Crippen LogP contribution >= 0.6 is 0 Å². The number of benzene rings is 2. The Hall–Kier alpha value is -3.21. The quantitative estimate of drug-likeness (QED) is 0.376. The van der Waals surface area contributed by atoms with E-state index in [0.717, 1.165) is 4.57 Å². The third kappa shape index (κ3) is 6.80. The van der Waals surface area contributed by atoms with Crippen molar-refractivity contribution in [1.82, 2.24) is 9.29 Å². The Labute approximate surface area is 219 Å². The lowest BCUT2D eigenvalue weighted by Crippen LogP contribution is -2.32. The molecule has 1 aliphatic rings. The van der Waals surface area contributed by atoms with Gasteiger partial charge in [-0.25, -0.2) is 21.6 Å². The number of hydrogen-bond acceptors (Lipinski definition) is 6. The molecule has 0 radical (unpaired) electrons. The van der Waals surface area contributed by atoms with Gasteiger partial charge in [0.25, 0.3) is 0 Å². The van der Waals surface area contributed by atoms with E-state index in [0.29, 0.717) is 35.1 Å². The molecule has 0 bridgehead atoms. The number of alkyl halides is 3. The number of aromatic nitrogens is 1. The van der Waals surface area contributed by atoms with Crippen molar-refractivity contribution < 1.29 is 30.0 Å². The Bertz CT molecular complexity index is 1570. The van der Waals surface area contributed by atoms with E-state index < -0.39 is 32.6 Å². The summed E-state index contributed by atoms with van der Waals surface area (Å²) >= 11 is 0. The SMILES string of the molecule is CNS(=O)(=O)c1ccc(NCC#Cc2cc3c(NC4CCS(=O)(=O)CC4)cccc3n2CC(F)(F)F)cc1. The zero-order valence-corrected chi connectivity index (χ0v) is 22.1. The molecule has 1 fully saturated rings. The number of fused-ring (bicyclic) bond motifs is 1. The van der Waals surface area contributed by atoms with Crippen molar-refractivity contribution in [3.63, 3.8) is 0 Å². The Balaban J connectivity index is 1.55. The lowest BCUT2D eigenvalue weighted by atomic mass is 10.1. The average Bonchev–Trinajstić information content (AvgIpc) is 3.20. The van der Waals surface area contributed by atoms with Gasteiger partial charge in [-0.1, -0.05) is 12.0 Å². The number of sulfone groups is 1. The van der Waals surface area contributed by atoms with E-state index in [-0.39, 0.29) is 34.7 Å². The van der Waals surface area contributed by atoms with Gasteiger partial charge in [-0.15, -0.1) is 0 Å². The predicted molar refractivity (Wildman–Crippen MR) is 141 cm³/mol. The van der Waals surface area contributed by atoms with Crippen LogP contribution in [0.3, 0.4) is 0 Å². The molecule has 0 amide bonds. The molecule has 13 heteroatoms. The van der Waals surface area contributed by atoms with Crippen molar-refractivity contribution in [2.24, 2.45) is 0 Å². The first-order chi connectivity index (χ1) is 17.9. The second-order valence-corrected chi connectivity index (χ2v) is 13.1. The molecule has 4 rings (SSSR count). The summed E-state index contributed by atoms with van der Waals surface area (Å²) in [5, 5.41) is 6.88. The Morgan fingerprint density at radius 1 is 1.08 bits per heavy atom. The van der Waals surface area contributed by atoms with Crippen molar-refractivity contribution >= 4 is 42.1 Å². The van der Waals surface area contributed by atoms with Gasteiger partial charge in [-0.3, -0.25) is 0 Å². The molecule has 0 aliphatic carbocycles. The summed E-state index contributed by atoms with van der Waals surface area (Å²) < 4.78 is 90.8. The summed E-state index contributed by atoms with van der Waals surface area (Å²) in [6, 6.07) is 12.5. The van der Waals surface area contributed by atoms with Crippen molar-refractivity contribution in [1.29, 1.82) is 0 Å². The van der Waals surface area contributed by atoms with Gasteiger partial charge in [0.15, 0.2) is 0 Å². The fraction of sp³-hybridized carbons (Fsp3) is 0.360. The molecule has 0 spiro atoms. The zero-order valence-electron chi connectivity index (χ0n) is 20.5. The number of anilines is 2. The molecule has 1 aromatic heterocycles. The highest BCUT2D eigenvalue weighted by atomic mass is 32.2. The summed E-state index contributed by atoms with van der Waals surface area (Å²) in [4.78, 5) is 0.104. The van der Waals surface area contributed by atoms with Crippen LogP contribution in [-0.2, 0) is 26.4 Å². The number of nitrogens with zero attached hydrogens (tertiary/aromatic N) is 1. The minimum absolute atomic E-state index is 0.0769. The van der Waals surface area contributed by atoms with Crippen molar-refractivity contribution in [3.05, 3.63) is 54.2 Å². The second kappa shape index (κ2) is 10.9. The van der Waals surface area contributed by atoms with Crippen LogP contribution in [0.5, 0.6) is 0 Å². The normalized spacial score (nSPS) is 16.1. The molecule has 0 saturated carbocycles. The molecule has 1 aliphatic heterocycles. The van der Waals surface area contributed by atoms with Crippen LogP contribution in [0.15, 0.2) is 53.4 Å². The van der Waals surface area contributed by atoms with E-state index in [1.807, 2.05) is 0 Å². The molecule has 0 unspecified atom stereocenters. The number of hydrogen-bond donors (Lipinski definition) is 3. The third-order valence-electron chi connectivity index (χ3n) is 6.23. The maximum absolute atomic E-state index is 13.4. The minimum Gasteiger partial charge on any atom is -0.382 e. The van der Waals surface area contributed by atoms with Crippen LogP contribution in [-0.4, -0.2) is 58.7 Å². The highest BCUT2D eigenvalue weighted by Gasteiger charge is 2.30. The van der Waals surface area contributed by atoms with Gasteiger partial charge in [-0.2, -0.15) is 13.2 Å². The Morgan fingerprint density at radius 3 is 2.39 bits per heavy atom. The zero-order chi connectivity index (χ0) is 27.6. The van der Waals surface area contributed by atoms with Crippen LogP contribution in [0.4, 0.5) is 24.5 Å². The first-order valence-corrected chi connectivity index (χ1v) is 15.1. The lowest BCUT2D eigenvalue weighted by molar-refractivity contribution is -0.140. The molecule has 2 heterocycles. The smallest absolute Gasteiger partial charge is 0.382 e. The average molecular weight is 569 g/mol.